The molecule has 0 spiro atoms. The maximum atomic E-state index is 11.6. The molecule has 86 valence electrons. The van der Waals surface area contributed by atoms with Gasteiger partial charge >= 0.3 is 5.76 Å². The minimum atomic E-state index is -0.250. The molecule has 0 unspecified atom stereocenters. The summed E-state index contributed by atoms with van der Waals surface area (Å²) in [6.45, 7) is 0.739. The van der Waals surface area contributed by atoms with Crippen LogP contribution in [0.3, 0.4) is 0 Å². The number of para-hydroxylation sites is 2. The number of fused-ring (bicyclic) bond motifs is 1. The Hall–Kier alpha value is -1.03. The molecule has 16 heavy (non-hydrogen) atoms. The summed E-state index contributed by atoms with van der Waals surface area (Å²) in [5, 5.41) is 1.02. The number of benzene rings is 1. The third-order valence-corrected chi connectivity index (χ3v) is 3.15. The largest absolute Gasteiger partial charge is 0.419 e. The fourth-order valence-electron chi connectivity index (χ4n) is 1.77. The monoisotopic (exact) mass is 283 g/mol. The Morgan fingerprint density at radius 3 is 2.81 bits per heavy atom. The minimum Gasteiger partial charge on any atom is -0.408 e. The molecule has 0 saturated heterocycles. The van der Waals surface area contributed by atoms with Gasteiger partial charge in [-0.3, -0.25) is 4.57 Å². The molecule has 0 radical (unpaired) electrons. The van der Waals surface area contributed by atoms with E-state index in [9.17, 15) is 4.79 Å². The standard InChI is InChI=1S/C12H14BrNO2/c13-8-4-1-5-9-14-10-6-2-3-7-11(10)16-12(14)15/h2-3,6-7H,1,4-5,8-9H2. The number of halogens is 1. The van der Waals surface area contributed by atoms with Gasteiger partial charge in [-0.25, -0.2) is 4.79 Å². The molecule has 4 heteroatoms. The van der Waals surface area contributed by atoms with Gasteiger partial charge in [0.1, 0.15) is 0 Å². The molecule has 0 aliphatic rings. The fraction of sp³-hybridized carbons (Fsp3) is 0.417. The maximum Gasteiger partial charge on any atom is 0.419 e. The number of rotatable bonds is 5. The number of hydrogen-bond acceptors (Lipinski definition) is 2. The second-order valence-electron chi connectivity index (χ2n) is 3.74. The van der Waals surface area contributed by atoms with Crippen molar-refractivity contribution in [2.24, 2.45) is 0 Å². The van der Waals surface area contributed by atoms with E-state index in [0.717, 1.165) is 36.7 Å². The van der Waals surface area contributed by atoms with Crippen LogP contribution in [0.4, 0.5) is 0 Å². The highest BCUT2D eigenvalue weighted by Gasteiger charge is 2.07. The van der Waals surface area contributed by atoms with Crippen LogP contribution in [0.5, 0.6) is 0 Å². The van der Waals surface area contributed by atoms with Crippen molar-refractivity contribution in [1.29, 1.82) is 0 Å². The molecule has 0 atom stereocenters. The Bertz CT molecular complexity index is 515. The second kappa shape index (κ2) is 5.34. The van der Waals surface area contributed by atoms with Crippen molar-refractivity contribution in [2.75, 3.05) is 5.33 Å². The summed E-state index contributed by atoms with van der Waals surface area (Å²) in [5.41, 5.74) is 1.57. The Morgan fingerprint density at radius 1 is 1.19 bits per heavy atom. The third-order valence-electron chi connectivity index (χ3n) is 2.59. The van der Waals surface area contributed by atoms with E-state index in [0.29, 0.717) is 5.58 Å². The van der Waals surface area contributed by atoms with Crippen LogP contribution in [0.1, 0.15) is 19.3 Å². The van der Waals surface area contributed by atoms with Gasteiger partial charge in [0.05, 0.1) is 5.52 Å². The van der Waals surface area contributed by atoms with Gasteiger partial charge in [0.15, 0.2) is 5.58 Å². The summed E-state index contributed by atoms with van der Waals surface area (Å²) in [6, 6.07) is 7.54. The molecule has 3 nitrogen and oxygen atoms in total. The molecule has 2 rings (SSSR count). The topological polar surface area (TPSA) is 35.1 Å². The molecule has 1 heterocycles. The first-order valence-corrected chi connectivity index (χ1v) is 6.59. The molecule has 2 aromatic rings. The number of unbranched alkanes of at least 4 members (excludes halogenated alkanes) is 2. The maximum absolute atomic E-state index is 11.6. The summed E-state index contributed by atoms with van der Waals surface area (Å²) < 4.78 is 6.87. The number of oxazole rings is 1. The Balaban J connectivity index is 2.16. The van der Waals surface area contributed by atoms with Gasteiger partial charge in [0.2, 0.25) is 0 Å². The summed E-state index contributed by atoms with van der Waals surface area (Å²) in [4.78, 5) is 11.6. The van der Waals surface area contributed by atoms with Gasteiger partial charge in [-0.15, -0.1) is 0 Å². The first-order valence-electron chi connectivity index (χ1n) is 5.47. The minimum absolute atomic E-state index is 0.250. The van der Waals surface area contributed by atoms with Gasteiger partial charge in [-0.1, -0.05) is 34.5 Å². The summed E-state index contributed by atoms with van der Waals surface area (Å²) in [7, 11) is 0. The van der Waals surface area contributed by atoms with Gasteiger partial charge in [-0.05, 0) is 25.0 Å². The lowest BCUT2D eigenvalue weighted by atomic mass is 10.2. The van der Waals surface area contributed by atoms with E-state index in [2.05, 4.69) is 15.9 Å². The van der Waals surface area contributed by atoms with Gasteiger partial charge < -0.3 is 4.42 Å². The molecule has 0 bridgehead atoms. The highest BCUT2D eigenvalue weighted by molar-refractivity contribution is 9.09. The first kappa shape index (κ1) is 11.5. The molecule has 0 amide bonds. The molecule has 0 aliphatic heterocycles. The van der Waals surface area contributed by atoms with Crippen LogP contribution in [0, 0.1) is 0 Å². The van der Waals surface area contributed by atoms with E-state index in [-0.39, 0.29) is 5.76 Å². The SMILES string of the molecule is O=c1oc2ccccc2n1CCCCCBr. The number of alkyl halides is 1. The highest BCUT2D eigenvalue weighted by atomic mass is 79.9. The molecule has 0 aliphatic carbocycles. The number of aromatic nitrogens is 1. The van der Waals surface area contributed by atoms with Gasteiger partial charge in [0.25, 0.3) is 0 Å². The van der Waals surface area contributed by atoms with E-state index >= 15 is 0 Å². The number of hydrogen-bond donors (Lipinski definition) is 0. The smallest absolute Gasteiger partial charge is 0.408 e. The highest BCUT2D eigenvalue weighted by Crippen LogP contribution is 2.12. The van der Waals surface area contributed by atoms with Crippen LogP contribution in [-0.2, 0) is 6.54 Å². The number of aryl methyl sites for hydroxylation is 1. The summed E-state index contributed by atoms with van der Waals surface area (Å²) >= 11 is 3.40. The predicted molar refractivity (Wildman–Crippen MR) is 68.1 cm³/mol. The van der Waals surface area contributed by atoms with Gasteiger partial charge in [0, 0.05) is 11.9 Å². The predicted octanol–water partition coefficient (Wildman–Crippen LogP) is 3.16. The number of nitrogens with zero attached hydrogens (tertiary/aromatic N) is 1. The molecular formula is C12H14BrNO2. The van der Waals surface area contributed by atoms with Crippen molar-refractivity contribution in [3.05, 3.63) is 34.8 Å². The molecule has 0 fully saturated rings. The first-order chi connectivity index (χ1) is 7.83. The fourth-order valence-corrected chi connectivity index (χ4v) is 2.16. The lowest BCUT2D eigenvalue weighted by Crippen LogP contribution is -2.14. The van der Waals surface area contributed by atoms with Crippen molar-refractivity contribution in [1.82, 2.24) is 4.57 Å². The van der Waals surface area contributed by atoms with E-state index in [1.54, 1.807) is 4.57 Å². The van der Waals surface area contributed by atoms with Crippen LogP contribution < -0.4 is 5.76 Å². The van der Waals surface area contributed by atoms with Crippen molar-refractivity contribution in [3.8, 4) is 0 Å². The molecule has 0 N–H and O–H groups in total. The van der Waals surface area contributed by atoms with Crippen LogP contribution in [-0.4, -0.2) is 9.90 Å². The molecule has 0 saturated carbocycles. The zero-order chi connectivity index (χ0) is 11.4. The van der Waals surface area contributed by atoms with Crippen LogP contribution in [0.25, 0.3) is 11.1 Å². The summed E-state index contributed by atoms with van der Waals surface area (Å²) in [5.74, 6) is -0.250. The van der Waals surface area contributed by atoms with Gasteiger partial charge in [-0.2, -0.15) is 0 Å². The van der Waals surface area contributed by atoms with Crippen molar-refractivity contribution in [3.63, 3.8) is 0 Å². The van der Waals surface area contributed by atoms with E-state index in [4.69, 9.17) is 4.42 Å². The van der Waals surface area contributed by atoms with Crippen molar-refractivity contribution < 1.29 is 4.42 Å². The van der Waals surface area contributed by atoms with Crippen molar-refractivity contribution >= 4 is 27.0 Å². The van der Waals surface area contributed by atoms with Crippen molar-refractivity contribution in [2.45, 2.75) is 25.8 Å². The summed E-state index contributed by atoms with van der Waals surface area (Å²) in [6.07, 6.45) is 3.27. The van der Waals surface area contributed by atoms with Crippen LogP contribution in [0.15, 0.2) is 33.5 Å². The van der Waals surface area contributed by atoms with E-state index in [1.807, 2.05) is 24.3 Å². The molecule has 1 aromatic carbocycles. The molecule has 1 aromatic heterocycles. The van der Waals surface area contributed by atoms with Crippen LogP contribution in [0.2, 0.25) is 0 Å². The van der Waals surface area contributed by atoms with Crippen LogP contribution >= 0.6 is 15.9 Å². The lowest BCUT2D eigenvalue weighted by molar-refractivity contribution is 0.492. The zero-order valence-corrected chi connectivity index (χ0v) is 10.6. The molecular weight excluding hydrogens is 270 g/mol. The Morgan fingerprint density at radius 2 is 2.00 bits per heavy atom. The zero-order valence-electron chi connectivity index (χ0n) is 8.99. The second-order valence-corrected chi connectivity index (χ2v) is 4.53. The Kier molecular flexibility index (Phi) is 3.83. The normalized spacial score (nSPS) is 11.1. The lowest BCUT2D eigenvalue weighted by Gasteiger charge is -2.00. The van der Waals surface area contributed by atoms with E-state index < -0.39 is 0 Å². The average Bonchev–Trinajstić information content (AvgIpc) is 2.61. The van der Waals surface area contributed by atoms with E-state index in [1.165, 1.54) is 0 Å². The third kappa shape index (κ3) is 2.38. The quantitative estimate of drug-likeness (QED) is 0.624. The Labute approximate surface area is 102 Å². The average molecular weight is 284 g/mol.